The molecule has 0 bridgehead atoms. The smallest absolute Gasteiger partial charge is 0.316 e. The topological polar surface area (TPSA) is 47.6 Å². The molecule has 1 atom stereocenters. The number of hydrogen-bond acceptors (Lipinski definition) is 4. The van der Waals surface area contributed by atoms with Crippen molar-refractivity contribution in [1.82, 2.24) is 0 Å². The zero-order chi connectivity index (χ0) is 21.2. The molecule has 1 aliphatic rings. The Bertz CT molecular complexity index is 880. The van der Waals surface area contributed by atoms with Gasteiger partial charge in [-0.25, -0.2) is 0 Å². The summed E-state index contributed by atoms with van der Waals surface area (Å²) in [6.07, 6.45) is 3.04. The molecule has 2 aromatic carbocycles. The molecule has 0 unspecified atom stereocenters. The molecular formula is C25H33NO3. The second-order valence-corrected chi connectivity index (χ2v) is 9.26. The number of esters is 1. The molecule has 0 heterocycles. The van der Waals surface area contributed by atoms with Crippen LogP contribution < -0.4 is 14.8 Å². The van der Waals surface area contributed by atoms with Gasteiger partial charge in [-0.05, 0) is 94.7 Å². The molecule has 0 amide bonds. The first-order chi connectivity index (χ1) is 13.7. The molecule has 156 valence electrons. The van der Waals surface area contributed by atoms with Crippen LogP contribution in [0.5, 0.6) is 11.5 Å². The Morgan fingerprint density at radius 2 is 1.79 bits per heavy atom. The number of fused-ring (bicyclic) bond motifs is 1. The van der Waals surface area contributed by atoms with Crippen LogP contribution in [0.4, 0.5) is 5.69 Å². The lowest BCUT2D eigenvalue weighted by Crippen LogP contribution is -2.25. The molecule has 1 aliphatic carbocycles. The van der Waals surface area contributed by atoms with Crippen LogP contribution in [0.3, 0.4) is 0 Å². The van der Waals surface area contributed by atoms with Crippen LogP contribution >= 0.6 is 0 Å². The van der Waals surface area contributed by atoms with Gasteiger partial charge in [0.05, 0.1) is 12.5 Å². The molecule has 2 aromatic rings. The number of hydrogen-bond donors (Lipinski definition) is 1. The monoisotopic (exact) mass is 395 g/mol. The van der Waals surface area contributed by atoms with Crippen LogP contribution in [-0.2, 0) is 17.6 Å². The van der Waals surface area contributed by atoms with Gasteiger partial charge >= 0.3 is 5.97 Å². The molecule has 1 N–H and O–H groups in total. The summed E-state index contributed by atoms with van der Waals surface area (Å²) in [4.78, 5) is 12.2. The molecular weight excluding hydrogens is 362 g/mol. The molecule has 0 aliphatic heterocycles. The minimum atomic E-state index is -0.505. The second kappa shape index (κ2) is 8.48. The van der Waals surface area contributed by atoms with E-state index in [1.54, 1.807) is 7.11 Å². The Kier molecular flexibility index (Phi) is 6.21. The van der Waals surface area contributed by atoms with E-state index < -0.39 is 5.41 Å². The van der Waals surface area contributed by atoms with E-state index in [-0.39, 0.29) is 5.97 Å². The highest BCUT2D eigenvalue weighted by molar-refractivity contribution is 5.77. The molecule has 0 spiro atoms. The lowest BCUT2D eigenvalue weighted by Gasteiger charge is -2.28. The average Bonchev–Trinajstić information content (AvgIpc) is 2.66. The van der Waals surface area contributed by atoms with Crippen molar-refractivity contribution in [3.05, 3.63) is 53.1 Å². The van der Waals surface area contributed by atoms with Crippen molar-refractivity contribution >= 4 is 11.7 Å². The van der Waals surface area contributed by atoms with Crippen molar-refractivity contribution in [3.8, 4) is 11.5 Å². The maximum absolute atomic E-state index is 12.2. The number of benzene rings is 2. The van der Waals surface area contributed by atoms with Crippen molar-refractivity contribution in [2.45, 2.75) is 65.8 Å². The van der Waals surface area contributed by atoms with Crippen molar-refractivity contribution in [2.24, 2.45) is 5.41 Å². The number of nitrogens with one attached hydrogen (secondary N) is 1. The average molecular weight is 396 g/mol. The first kappa shape index (κ1) is 21.2. The molecule has 4 heteroatoms. The fraction of sp³-hybridized carbons (Fsp3) is 0.480. The third-order valence-corrected chi connectivity index (χ3v) is 5.37. The van der Waals surface area contributed by atoms with Crippen LogP contribution in [0, 0.1) is 5.41 Å². The van der Waals surface area contributed by atoms with Gasteiger partial charge in [-0.2, -0.15) is 0 Å². The zero-order valence-corrected chi connectivity index (χ0v) is 18.5. The molecule has 3 rings (SSSR count). The minimum absolute atomic E-state index is 0.200. The second-order valence-electron chi connectivity index (χ2n) is 9.26. The van der Waals surface area contributed by atoms with Gasteiger partial charge in [0.2, 0.25) is 0 Å². The Balaban J connectivity index is 1.80. The molecule has 29 heavy (non-hydrogen) atoms. The van der Waals surface area contributed by atoms with Crippen molar-refractivity contribution < 1.29 is 14.3 Å². The summed E-state index contributed by atoms with van der Waals surface area (Å²) in [6, 6.07) is 12.8. The summed E-state index contributed by atoms with van der Waals surface area (Å²) >= 11 is 0. The van der Waals surface area contributed by atoms with Gasteiger partial charge in [-0.3, -0.25) is 4.79 Å². The molecule has 4 nitrogen and oxygen atoms in total. The molecule has 0 saturated carbocycles. The van der Waals surface area contributed by atoms with E-state index in [9.17, 15) is 4.79 Å². The highest BCUT2D eigenvalue weighted by atomic mass is 16.5. The summed E-state index contributed by atoms with van der Waals surface area (Å²) in [5.41, 5.74) is 4.61. The number of aryl methyl sites for hydroxylation is 1. The maximum atomic E-state index is 12.2. The quantitative estimate of drug-likeness (QED) is 0.518. The number of rotatable bonds is 5. The van der Waals surface area contributed by atoms with Gasteiger partial charge in [0.15, 0.2) is 0 Å². The van der Waals surface area contributed by atoms with E-state index in [2.05, 4.69) is 37.4 Å². The summed E-state index contributed by atoms with van der Waals surface area (Å²) in [7, 11) is 1.70. The standard InChI is InChI=1S/C25H33NO3/c1-16(2)26-23-15-20(28-6)11-12-22(23)19-8-7-18-14-21(10-9-17(18)13-19)29-24(27)25(3,4)5/h9-12,14-16,19,26H,7-8,13H2,1-6H3/t19-/m0/s1. The number of ether oxygens (including phenoxy) is 2. The van der Waals surface area contributed by atoms with Gasteiger partial charge < -0.3 is 14.8 Å². The van der Waals surface area contributed by atoms with Crippen molar-refractivity contribution in [1.29, 1.82) is 0 Å². The molecule has 0 fully saturated rings. The van der Waals surface area contributed by atoms with Gasteiger partial charge in [0.1, 0.15) is 11.5 Å². The van der Waals surface area contributed by atoms with E-state index in [0.717, 1.165) is 30.7 Å². The van der Waals surface area contributed by atoms with Gasteiger partial charge in [0.25, 0.3) is 0 Å². The van der Waals surface area contributed by atoms with Crippen LogP contribution in [0.1, 0.15) is 63.6 Å². The van der Waals surface area contributed by atoms with Gasteiger partial charge in [-0.1, -0.05) is 12.1 Å². The number of methoxy groups -OCH3 is 1. The molecule has 0 aromatic heterocycles. The van der Waals surface area contributed by atoms with Crippen LogP contribution in [0.15, 0.2) is 36.4 Å². The molecule has 0 radical (unpaired) electrons. The van der Waals surface area contributed by atoms with E-state index in [1.165, 1.54) is 16.7 Å². The van der Waals surface area contributed by atoms with Gasteiger partial charge in [-0.15, -0.1) is 0 Å². The third-order valence-electron chi connectivity index (χ3n) is 5.37. The lowest BCUT2D eigenvalue weighted by atomic mass is 9.79. The van der Waals surface area contributed by atoms with E-state index >= 15 is 0 Å². The van der Waals surface area contributed by atoms with Crippen molar-refractivity contribution in [3.63, 3.8) is 0 Å². The summed E-state index contributed by atoms with van der Waals surface area (Å²) in [5, 5.41) is 3.58. The Morgan fingerprint density at radius 3 is 2.45 bits per heavy atom. The Morgan fingerprint density at radius 1 is 1.07 bits per heavy atom. The minimum Gasteiger partial charge on any atom is -0.497 e. The Hall–Kier alpha value is -2.49. The predicted molar refractivity (Wildman–Crippen MR) is 118 cm³/mol. The normalized spacial score (nSPS) is 16.3. The highest BCUT2D eigenvalue weighted by Crippen LogP contribution is 2.39. The summed E-state index contributed by atoms with van der Waals surface area (Å²) < 4.78 is 11.0. The first-order valence-electron chi connectivity index (χ1n) is 10.5. The fourth-order valence-corrected chi connectivity index (χ4v) is 3.77. The number of carbonyl (C=O) groups is 1. The first-order valence-corrected chi connectivity index (χ1v) is 10.5. The van der Waals surface area contributed by atoms with Crippen LogP contribution in [0.2, 0.25) is 0 Å². The van der Waals surface area contributed by atoms with Gasteiger partial charge in [0, 0.05) is 17.8 Å². The van der Waals surface area contributed by atoms with Crippen LogP contribution in [-0.4, -0.2) is 19.1 Å². The Labute approximate surface area is 174 Å². The maximum Gasteiger partial charge on any atom is 0.316 e. The zero-order valence-electron chi connectivity index (χ0n) is 18.5. The number of carbonyl (C=O) groups excluding carboxylic acids is 1. The lowest BCUT2D eigenvalue weighted by molar-refractivity contribution is -0.143. The van der Waals surface area contributed by atoms with E-state index in [1.807, 2.05) is 39.0 Å². The SMILES string of the molecule is COc1ccc([C@H]2CCc3cc(OC(=O)C(C)(C)C)ccc3C2)c(NC(C)C)c1. The predicted octanol–water partition coefficient (Wildman–Crippen LogP) is 5.74. The number of anilines is 1. The van der Waals surface area contributed by atoms with Crippen LogP contribution in [0.25, 0.3) is 0 Å². The van der Waals surface area contributed by atoms with Crippen molar-refractivity contribution in [2.75, 3.05) is 12.4 Å². The molecule has 0 saturated heterocycles. The fourth-order valence-electron chi connectivity index (χ4n) is 3.77. The van der Waals surface area contributed by atoms with E-state index in [0.29, 0.717) is 17.7 Å². The highest BCUT2D eigenvalue weighted by Gasteiger charge is 2.26. The third kappa shape index (κ3) is 5.11. The largest absolute Gasteiger partial charge is 0.497 e. The summed E-state index contributed by atoms with van der Waals surface area (Å²) in [5.74, 6) is 1.78. The van der Waals surface area contributed by atoms with E-state index in [4.69, 9.17) is 9.47 Å². The summed E-state index contributed by atoms with van der Waals surface area (Å²) in [6.45, 7) is 9.92.